The zero-order chi connectivity index (χ0) is 59.1. The number of ether oxygens (including phenoxy) is 3. The number of hydrogen-bond acceptors (Lipinski definition) is 14. The van der Waals surface area contributed by atoms with Gasteiger partial charge in [-0.25, -0.2) is 17.9 Å². The second kappa shape index (κ2) is 31.3. The Morgan fingerprint density at radius 3 is 1.99 bits per heavy atom. The minimum Gasteiger partial charge on any atom is -0.410 e. The van der Waals surface area contributed by atoms with E-state index in [9.17, 15) is 37.2 Å². The molecule has 1 aromatic heterocycles. The lowest BCUT2D eigenvalue weighted by Crippen LogP contribution is -2.59. The Labute approximate surface area is 486 Å². The Bertz CT molecular complexity index is 2430. The molecule has 2 aromatic rings. The molecule has 0 radical (unpaired) electrons. The van der Waals surface area contributed by atoms with Crippen LogP contribution in [0.3, 0.4) is 0 Å². The number of nitrogens with zero attached hydrogens (tertiary/aromatic N) is 7. The monoisotopic (exact) mass is 1260 g/mol. The van der Waals surface area contributed by atoms with Crippen molar-refractivity contribution < 1.29 is 51.4 Å². The van der Waals surface area contributed by atoms with Crippen molar-refractivity contribution >= 4 is 77.5 Å². The first-order valence-electron chi connectivity index (χ1n) is 27.8. The van der Waals surface area contributed by atoms with E-state index in [1.807, 2.05) is 65.2 Å². The molecule has 1 aromatic carbocycles. The number of benzene rings is 1. The topological polar surface area (TPSA) is 244 Å². The first-order valence-corrected chi connectivity index (χ1v) is 31.6. The molecule has 2 fully saturated rings. The van der Waals surface area contributed by atoms with Gasteiger partial charge in [0.15, 0.2) is 0 Å². The van der Waals surface area contributed by atoms with Crippen molar-refractivity contribution in [1.82, 2.24) is 49.9 Å². The van der Waals surface area contributed by atoms with Crippen LogP contribution in [0.25, 0.3) is 0 Å². The van der Waals surface area contributed by atoms with Crippen molar-refractivity contribution in [2.24, 2.45) is 29.6 Å². The van der Waals surface area contributed by atoms with Gasteiger partial charge in [-0.05, 0) is 94.5 Å². The predicted octanol–water partition coefficient (Wildman–Crippen LogP) is 5.90. The lowest BCUT2D eigenvalue weighted by molar-refractivity contribution is -0.148. The lowest BCUT2D eigenvalue weighted by Gasteiger charge is -2.41. The summed E-state index contributed by atoms with van der Waals surface area (Å²) < 4.78 is 48.3. The van der Waals surface area contributed by atoms with Crippen molar-refractivity contribution in [2.45, 2.75) is 179 Å². The molecule has 3 N–H and O–H groups in total. The average Bonchev–Trinajstić information content (AvgIpc) is 4.07. The minimum atomic E-state index is -4.11. The fraction of sp³-hybridized carbons (Fsp3) is 0.745. The molecule has 3 heterocycles. The summed E-state index contributed by atoms with van der Waals surface area (Å²) >= 11 is 7.00. The van der Waals surface area contributed by atoms with Gasteiger partial charge in [0.25, 0.3) is 5.91 Å². The Morgan fingerprint density at radius 2 is 1.46 bits per heavy atom. The van der Waals surface area contributed by atoms with Gasteiger partial charge in [0.2, 0.25) is 33.7 Å². The summed E-state index contributed by atoms with van der Waals surface area (Å²) in [5.41, 5.74) is 2.46. The number of likely N-dealkylation sites (tertiary alicyclic amines) is 2. The van der Waals surface area contributed by atoms with Gasteiger partial charge in [-0.2, -0.15) is 0 Å². The molecule has 2 aliphatic rings. The molecule has 0 spiro atoms. The Kier molecular flexibility index (Phi) is 26.6. The van der Waals surface area contributed by atoms with Crippen LogP contribution in [0.5, 0.6) is 5.75 Å². The number of aromatic nitrogens is 3. The van der Waals surface area contributed by atoms with Crippen LogP contribution in [0.1, 0.15) is 124 Å². The van der Waals surface area contributed by atoms with Gasteiger partial charge in [-0.1, -0.05) is 111 Å². The van der Waals surface area contributed by atoms with E-state index in [1.165, 1.54) is 21.1 Å². The second-order valence-electron chi connectivity index (χ2n) is 22.3. The molecule has 24 heteroatoms. The van der Waals surface area contributed by atoms with Crippen LogP contribution in [0.2, 0.25) is 0 Å². The van der Waals surface area contributed by atoms with Crippen molar-refractivity contribution in [3.05, 3.63) is 41.2 Å². The number of halogens is 2. The molecule has 10 atom stereocenters. The molecule has 21 nitrogen and oxygen atoms in total. The van der Waals surface area contributed by atoms with Crippen molar-refractivity contribution in [3.8, 4) is 5.75 Å². The molecule has 2 aliphatic heterocycles. The SMILES string of the molecule is CCC(C)S(=O)(=O)NC(=O)[C@H](Cc1ccc(OC(=O)N2CCC(Cn3nnc(CBr)c3CBr)CC2)cc1)NC(=O)[C@H](C)[C@@H](OC)[C@@H]1CCCN1C(=O)C[C@@H](OC)[C@H]([C@@H](C)CC)N(C)C(=O)[C@@H](NC(=O)[C@H](C(C)C)N(C)C)C(C)C. The summed E-state index contributed by atoms with van der Waals surface area (Å²) in [6, 6.07) is 2.73. The number of alkyl halides is 2. The number of nitrogens with one attached hydrogen (secondary N) is 3. The number of hydrogen-bond donors (Lipinski definition) is 3. The molecule has 4 rings (SSSR count). The van der Waals surface area contributed by atoms with E-state index < -0.39 is 81.5 Å². The highest BCUT2D eigenvalue weighted by molar-refractivity contribution is 9.09. The van der Waals surface area contributed by atoms with E-state index in [0.29, 0.717) is 67.6 Å². The van der Waals surface area contributed by atoms with Crippen LogP contribution in [0.4, 0.5) is 4.79 Å². The fourth-order valence-corrected chi connectivity index (χ4v) is 13.0. The largest absolute Gasteiger partial charge is 0.415 e. The highest BCUT2D eigenvalue weighted by Gasteiger charge is 2.44. The molecule has 0 saturated carbocycles. The van der Waals surface area contributed by atoms with Gasteiger partial charge in [0.1, 0.15) is 17.8 Å². The van der Waals surface area contributed by atoms with Gasteiger partial charge >= 0.3 is 6.09 Å². The maximum atomic E-state index is 14.6. The summed E-state index contributed by atoms with van der Waals surface area (Å²) in [6.07, 6.45) is 1.31. The van der Waals surface area contributed by atoms with E-state index >= 15 is 0 Å². The van der Waals surface area contributed by atoms with Crippen LogP contribution in [0.15, 0.2) is 24.3 Å². The zero-order valence-corrected chi connectivity index (χ0v) is 53.0. The zero-order valence-electron chi connectivity index (χ0n) is 49.0. The van der Waals surface area contributed by atoms with E-state index in [2.05, 4.69) is 57.5 Å². The standard InChI is InChI=1S/C55H90Br2N10O11S/c1-15-35(7)49(64(12)54(72)47(33(3)4)59-53(71)48(34(5)6)63(10)11)45(76-13)29-46(68)66-25-17-18-43(66)50(77-14)37(9)51(69)58-41(52(70)61-79(74,75)36(8)16-2)28-38-19-21-40(22-20-38)78-55(73)65-26-23-39(24-27-65)32-67-44(31-57)42(30-56)60-62-67/h19-22,33-37,39,41,43,45,47-50H,15-18,23-32H2,1-14H3,(H,58,69)(H,59,71)(H,61,70)/t35-,36?,37+,41-,43-,45+,47-,48-,49-,50+/m0/s1. The normalized spacial score (nSPS) is 18.8. The summed E-state index contributed by atoms with van der Waals surface area (Å²) in [5, 5.41) is 14.8. The van der Waals surface area contributed by atoms with Crippen LogP contribution < -0.4 is 20.1 Å². The third kappa shape index (κ3) is 17.9. The number of carbonyl (C=O) groups is 6. The van der Waals surface area contributed by atoms with E-state index in [1.54, 1.807) is 59.9 Å². The van der Waals surface area contributed by atoms with E-state index in [4.69, 9.17) is 14.2 Å². The molecule has 1 unspecified atom stereocenters. The third-order valence-corrected chi connectivity index (χ3v) is 18.9. The number of amides is 6. The van der Waals surface area contributed by atoms with Gasteiger partial charge in [0, 0.05) is 64.5 Å². The van der Waals surface area contributed by atoms with Crippen molar-refractivity contribution in [3.63, 3.8) is 0 Å². The number of rotatable bonds is 29. The Morgan fingerprint density at radius 1 is 0.810 bits per heavy atom. The molecule has 6 amide bonds. The minimum absolute atomic E-state index is 0.00237. The van der Waals surface area contributed by atoms with Crippen molar-refractivity contribution in [2.75, 3.05) is 55.0 Å². The quantitative estimate of drug-likeness (QED) is 0.0804. The molecule has 0 aliphatic carbocycles. The smallest absolute Gasteiger partial charge is 0.410 e. The summed E-state index contributed by atoms with van der Waals surface area (Å²) in [5.74, 6) is -3.02. The maximum absolute atomic E-state index is 14.6. The first-order chi connectivity index (χ1) is 37.3. The van der Waals surface area contributed by atoms with Crippen LogP contribution >= 0.6 is 31.9 Å². The second-order valence-corrected chi connectivity index (χ2v) is 25.6. The number of carbonyl (C=O) groups excluding carboxylic acids is 6. The molecule has 446 valence electrons. The number of methoxy groups -OCH3 is 2. The fourth-order valence-electron chi connectivity index (χ4n) is 10.9. The first kappa shape index (κ1) is 67.3. The Balaban J connectivity index is 1.48. The summed E-state index contributed by atoms with van der Waals surface area (Å²) in [4.78, 5) is 91.0. The number of sulfonamides is 1. The number of likely N-dealkylation sites (N-methyl/N-ethyl adjacent to an activating group) is 2. The molecule has 0 bridgehead atoms. The lowest BCUT2D eigenvalue weighted by atomic mass is 9.89. The van der Waals surface area contributed by atoms with E-state index in [0.717, 1.165) is 24.2 Å². The summed E-state index contributed by atoms with van der Waals surface area (Å²) in [7, 11) is 4.22. The maximum Gasteiger partial charge on any atom is 0.415 e. The highest BCUT2D eigenvalue weighted by atomic mass is 79.9. The highest BCUT2D eigenvalue weighted by Crippen LogP contribution is 2.31. The average molecular weight is 1260 g/mol. The van der Waals surface area contributed by atoms with Gasteiger partial charge in [-0.3, -0.25) is 33.6 Å². The molecule has 2 saturated heterocycles. The van der Waals surface area contributed by atoms with Gasteiger partial charge in [0.05, 0.1) is 59.3 Å². The van der Waals surface area contributed by atoms with Crippen LogP contribution in [-0.4, -0.2) is 181 Å². The van der Waals surface area contributed by atoms with Gasteiger partial charge in [-0.15, -0.1) is 5.10 Å². The van der Waals surface area contributed by atoms with E-state index in [-0.39, 0.29) is 60.5 Å². The summed E-state index contributed by atoms with van der Waals surface area (Å²) in [6.45, 7) is 18.6. The Hall–Kier alpha value is -4.23. The van der Waals surface area contributed by atoms with Crippen LogP contribution in [0, 0.1) is 29.6 Å². The molecular formula is C55H90Br2N10O11S. The number of piperidine rings is 1. The van der Waals surface area contributed by atoms with Crippen LogP contribution in [-0.2, 0) is 67.1 Å². The van der Waals surface area contributed by atoms with Crippen molar-refractivity contribution in [1.29, 1.82) is 0 Å². The van der Waals surface area contributed by atoms with Gasteiger partial charge < -0.3 is 39.5 Å². The third-order valence-electron chi connectivity index (χ3n) is 16.0. The predicted molar refractivity (Wildman–Crippen MR) is 310 cm³/mol. The molecule has 79 heavy (non-hydrogen) atoms. The molecular weight excluding hydrogens is 1170 g/mol.